The van der Waals surface area contributed by atoms with E-state index in [1.165, 1.54) is 33.0 Å². The monoisotopic (exact) mass is 510 g/mol. The first kappa shape index (κ1) is 23.8. The molecule has 188 valence electrons. The third-order valence-corrected chi connectivity index (χ3v) is 7.30. The highest BCUT2D eigenvalue weighted by Crippen LogP contribution is 2.33. The van der Waals surface area contributed by atoms with Gasteiger partial charge in [-0.15, -0.1) is 0 Å². The first-order valence-corrected chi connectivity index (χ1v) is 13.5. The van der Waals surface area contributed by atoms with Crippen LogP contribution in [0.3, 0.4) is 0 Å². The van der Waals surface area contributed by atoms with Crippen LogP contribution in [0.2, 0.25) is 0 Å². The molecule has 2 nitrogen and oxygen atoms in total. The minimum absolute atomic E-state index is 0.719. The standard InChI is InChI=1S/C38H26N2/c1-3-11-27(12-4-1)32-17-9-18-33(25-32)37-26-36(39-38(40-37)31-14-5-2-6-15-31)30-23-21-29(22-24-30)35-20-10-16-28-13-7-8-19-34(28)35/h1-26H. The van der Waals surface area contributed by atoms with E-state index in [-0.39, 0.29) is 0 Å². The molecular formula is C38H26N2. The number of aromatic nitrogens is 2. The topological polar surface area (TPSA) is 25.8 Å². The largest absolute Gasteiger partial charge is 0.228 e. The van der Waals surface area contributed by atoms with Gasteiger partial charge in [-0.25, -0.2) is 9.97 Å². The second-order valence-corrected chi connectivity index (χ2v) is 9.88. The Hall–Kier alpha value is -5.34. The van der Waals surface area contributed by atoms with Crippen molar-refractivity contribution in [3.05, 3.63) is 158 Å². The molecule has 1 aromatic heterocycles. The minimum atomic E-state index is 0.719. The zero-order valence-corrected chi connectivity index (χ0v) is 21.9. The Labute approximate surface area is 234 Å². The third-order valence-electron chi connectivity index (χ3n) is 7.30. The van der Waals surface area contributed by atoms with Gasteiger partial charge in [-0.05, 0) is 45.2 Å². The Bertz CT molecular complexity index is 1920. The summed E-state index contributed by atoms with van der Waals surface area (Å²) in [6, 6.07) is 55.0. The van der Waals surface area contributed by atoms with E-state index in [4.69, 9.17) is 9.97 Å². The predicted molar refractivity (Wildman–Crippen MR) is 167 cm³/mol. The maximum Gasteiger partial charge on any atom is 0.160 e. The van der Waals surface area contributed by atoms with Gasteiger partial charge in [0, 0.05) is 16.7 Å². The molecule has 0 N–H and O–H groups in total. The van der Waals surface area contributed by atoms with Crippen molar-refractivity contribution in [2.24, 2.45) is 0 Å². The number of benzene rings is 6. The highest BCUT2D eigenvalue weighted by molar-refractivity contribution is 5.96. The summed E-state index contributed by atoms with van der Waals surface area (Å²) in [7, 11) is 0. The maximum absolute atomic E-state index is 5.02. The lowest BCUT2D eigenvalue weighted by Gasteiger charge is -2.11. The van der Waals surface area contributed by atoms with E-state index < -0.39 is 0 Å². The van der Waals surface area contributed by atoms with Crippen molar-refractivity contribution in [1.29, 1.82) is 0 Å². The molecule has 0 aliphatic carbocycles. The van der Waals surface area contributed by atoms with Crippen LogP contribution in [0.25, 0.3) is 66.9 Å². The van der Waals surface area contributed by atoms with Crippen LogP contribution in [-0.4, -0.2) is 9.97 Å². The average Bonchev–Trinajstić information content (AvgIpc) is 3.05. The van der Waals surface area contributed by atoms with E-state index in [1.54, 1.807) is 0 Å². The smallest absolute Gasteiger partial charge is 0.160 e. The molecule has 0 saturated heterocycles. The zero-order valence-electron chi connectivity index (χ0n) is 21.9. The van der Waals surface area contributed by atoms with E-state index in [2.05, 4.69) is 133 Å². The molecule has 0 bridgehead atoms. The average molecular weight is 511 g/mol. The van der Waals surface area contributed by atoms with Crippen LogP contribution in [0.4, 0.5) is 0 Å². The van der Waals surface area contributed by atoms with Crippen molar-refractivity contribution in [3.63, 3.8) is 0 Å². The van der Waals surface area contributed by atoms with Crippen molar-refractivity contribution >= 4 is 10.8 Å². The molecular weight excluding hydrogens is 484 g/mol. The molecule has 0 unspecified atom stereocenters. The second-order valence-electron chi connectivity index (χ2n) is 9.88. The maximum atomic E-state index is 5.02. The van der Waals surface area contributed by atoms with Crippen LogP contribution in [0, 0.1) is 0 Å². The Morgan fingerprint density at radius 1 is 0.325 bits per heavy atom. The molecule has 7 rings (SSSR count). The molecule has 0 radical (unpaired) electrons. The zero-order chi connectivity index (χ0) is 26.7. The van der Waals surface area contributed by atoms with Crippen LogP contribution in [-0.2, 0) is 0 Å². The van der Waals surface area contributed by atoms with E-state index in [1.807, 2.05) is 24.3 Å². The van der Waals surface area contributed by atoms with Crippen LogP contribution in [0.1, 0.15) is 0 Å². The lowest BCUT2D eigenvalue weighted by Crippen LogP contribution is -1.96. The summed E-state index contributed by atoms with van der Waals surface area (Å²) in [5, 5.41) is 2.50. The molecule has 0 amide bonds. The molecule has 40 heavy (non-hydrogen) atoms. The van der Waals surface area contributed by atoms with Gasteiger partial charge in [0.15, 0.2) is 5.82 Å². The molecule has 6 aromatic carbocycles. The van der Waals surface area contributed by atoms with Crippen LogP contribution >= 0.6 is 0 Å². The van der Waals surface area contributed by atoms with Gasteiger partial charge >= 0.3 is 0 Å². The lowest BCUT2D eigenvalue weighted by atomic mass is 9.96. The van der Waals surface area contributed by atoms with E-state index in [0.717, 1.165) is 33.9 Å². The fourth-order valence-corrected chi connectivity index (χ4v) is 5.25. The molecule has 0 fully saturated rings. The molecule has 0 atom stereocenters. The van der Waals surface area contributed by atoms with Crippen LogP contribution in [0.15, 0.2) is 158 Å². The van der Waals surface area contributed by atoms with Crippen molar-refractivity contribution in [3.8, 4) is 56.2 Å². The normalized spacial score (nSPS) is 11.0. The highest BCUT2D eigenvalue weighted by Gasteiger charge is 2.12. The lowest BCUT2D eigenvalue weighted by molar-refractivity contribution is 1.18. The Kier molecular flexibility index (Phi) is 6.20. The molecule has 0 saturated carbocycles. The van der Waals surface area contributed by atoms with Gasteiger partial charge in [0.05, 0.1) is 11.4 Å². The quantitative estimate of drug-likeness (QED) is 0.230. The van der Waals surface area contributed by atoms with Gasteiger partial charge < -0.3 is 0 Å². The highest BCUT2D eigenvalue weighted by atomic mass is 14.9. The van der Waals surface area contributed by atoms with Gasteiger partial charge in [0.2, 0.25) is 0 Å². The number of nitrogens with zero attached hydrogens (tertiary/aromatic N) is 2. The van der Waals surface area contributed by atoms with Crippen molar-refractivity contribution in [2.45, 2.75) is 0 Å². The van der Waals surface area contributed by atoms with E-state index in [0.29, 0.717) is 0 Å². The van der Waals surface area contributed by atoms with Crippen molar-refractivity contribution < 1.29 is 0 Å². The molecule has 7 aromatic rings. The fraction of sp³-hybridized carbons (Fsp3) is 0. The van der Waals surface area contributed by atoms with E-state index >= 15 is 0 Å². The van der Waals surface area contributed by atoms with Gasteiger partial charge in [-0.2, -0.15) is 0 Å². The van der Waals surface area contributed by atoms with Gasteiger partial charge in [-0.3, -0.25) is 0 Å². The Morgan fingerprint density at radius 3 is 1.65 bits per heavy atom. The summed E-state index contributed by atoms with van der Waals surface area (Å²) >= 11 is 0. The number of hydrogen-bond acceptors (Lipinski definition) is 2. The Balaban J connectivity index is 1.33. The van der Waals surface area contributed by atoms with Gasteiger partial charge in [-0.1, -0.05) is 146 Å². The van der Waals surface area contributed by atoms with Crippen LogP contribution in [0.5, 0.6) is 0 Å². The van der Waals surface area contributed by atoms with Gasteiger partial charge in [0.25, 0.3) is 0 Å². The number of hydrogen-bond donors (Lipinski definition) is 0. The van der Waals surface area contributed by atoms with Crippen molar-refractivity contribution in [1.82, 2.24) is 9.97 Å². The molecule has 2 heteroatoms. The second kappa shape index (κ2) is 10.4. The number of rotatable bonds is 5. The number of fused-ring (bicyclic) bond motifs is 1. The molecule has 0 aliphatic heterocycles. The minimum Gasteiger partial charge on any atom is -0.228 e. The third kappa shape index (κ3) is 4.68. The first-order chi connectivity index (χ1) is 19.8. The first-order valence-electron chi connectivity index (χ1n) is 13.5. The molecule has 0 spiro atoms. The summed E-state index contributed by atoms with van der Waals surface area (Å²) in [6.07, 6.45) is 0. The summed E-state index contributed by atoms with van der Waals surface area (Å²) in [5.74, 6) is 0.719. The van der Waals surface area contributed by atoms with Crippen LogP contribution < -0.4 is 0 Å². The molecule has 0 aliphatic rings. The predicted octanol–water partition coefficient (Wildman–Crippen LogP) is 9.96. The summed E-state index contributed by atoms with van der Waals surface area (Å²) in [4.78, 5) is 10.0. The Morgan fingerprint density at radius 2 is 0.875 bits per heavy atom. The van der Waals surface area contributed by atoms with E-state index in [9.17, 15) is 0 Å². The summed E-state index contributed by atoms with van der Waals surface area (Å²) < 4.78 is 0. The SMILES string of the molecule is c1ccc(-c2cccc(-c3cc(-c4ccc(-c5cccc6ccccc56)cc4)nc(-c4ccccc4)n3)c2)cc1. The van der Waals surface area contributed by atoms with Crippen molar-refractivity contribution in [2.75, 3.05) is 0 Å². The summed E-state index contributed by atoms with van der Waals surface area (Å²) in [5.41, 5.74) is 9.70. The summed E-state index contributed by atoms with van der Waals surface area (Å²) in [6.45, 7) is 0. The fourth-order valence-electron chi connectivity index (χ4n) is 5.25. The van der Waals surface area contributed by atoms with Gasteiger partial charge in [0.1, 0.15) is 0 Å². The molecule has 1 heterocycles.